The molecular weight excluding hydrogens is 306 g/mol. The number of ether oxygens (including phenoxy) is 2. The molecule has 0 aliphatic heterocycles. The molecule has 1 amide bonds. The minimum Gasteiger partial charge on any atom is -0.496 e. The van der Waals surface area contributed by atoms with Crippen molar-refractivity contribution in [2.75, 3.05) is 19.0 Å². The number of anilines is 1. The second-order valence-electron chi connectivity index (χ2n) is 6.04. The third-order valence-corrected chi connectivity index (χ3v) is 3.06. The summed E-state index contributed by atoms with van der Waals surface area (Å²) in [6.07, 6.45) is 0.352. The molecule has 0 spiro atoms. The summed E-state index contributed by atoms with van der Waals surface area (Å²) in [6.45, 7) is 7.88. The van der Waals surface area contributed by atoms with Gasteiger partial charge in [0.05, 0.1) is 24.4 Å². The molecule has 0 unspecified atom stereocenters. The van der Waals surface area contributed by atoms with Gasteiger partial charge in [0.15, 0.2) is 0 Å². The van der Waals surface area contributed by atoms with Gasteiger partial charge in [-0.05, 0) is 18.4 Å². The van der Waals surface area contributed by atoms with Gasteiger partial charge >= 0.3 is 5.97 Å². The van der Waals surface area contributed by atoms with Gasteiger partial charge < -0.3 is 14.8 Å². The predicted octanol–water partition coefficient (Wildman–Crippen LogP) is 3.90. The quantitative estimate of drug-likeness (QED) is 0.833. The fraction of sp³-hybridized carbons (Fsp3) is 0.500. The van der Waals surface area contributed by atoms with E-state index in [0.29, 0.717) is 17.9 Å². The van der Waals surface area contributed by atoms with Crippen LogP contribution in [-0.2, 0) is 9.53 Å². The van der Waals surface area contributed by atoms with Gasteiger partial charge in [-0.2, -0.15) is 0 Å². The largest absolute Gasteiger partial charge is 0.496 e. The number of carbonyl (C=O) groups excluding carboxylic acids is 2. The Labute approximate surface area is 135 Å². The number of hydrogen-bond donors (Lipinski definition) is 1. The Morgan fingerprint density at radius 1 is 1.27 bits per heavy atom. The Kier molecular flexibility index (Phi) is 6.23. The van der Waals surface area contributed by atoms with Crippen LogP contribution in [0.5, 0.6) is 5.75 Å². The predicted molar refractivity (Wildman–Crippen MR) is 86.7 cm³/mol. The maximum atomic E-state index is 12.0. The van der Waals surface area contributed by atoms with Crippen LogP contribution in [0.15, 0.2) is 12.1 Å². The molecule has 0 bridgehead atoms. The number of benzene rings is 1. The van der Waals surface area contributed by atoms with Crippen LogP contribution in [0.1, 0.15) is 44.5 Å². The smallest absolute Gasteiger partial charge is 0.341 e. The number of methoxy groups -OCH3 is 1. The van der Waals surface area contributed by atoms with E-state index >= 15 is 0 Å². The van der Waals surface area contributed by atoms with Gasteiger partial charge in [-0.25, -0.2) is 4.79 Å². The number of esters is 1. The Morgan fingerprint density at radius 2 is 1.91 bits per heavy atom. The van der Waals surface area contributed by atoms with Crippen LogP contribution in [0.3, 0.4) is 0 Å². The van der Waals surface area contributed by atoms with Gasteiger partial charge in [-0.15, -0.1) is 0 Å². The number of halogens is 1. The van der Waals surface area contributed by atoms with E-state index in [1.54, 1.807) is 6.92 Å². The van der Waals surface area contributed by atoms with Gasteiger partial charge in [0, 0.05) is 12.5 Å². The molecule has 0 fully saturated rings. The first-order valence-corrected chi connectivity index (χ1v) is 7.40. The van der Waals surface area contributed by atoms with Crippen LogP contribution in [0.25, 0.3) is 0 Å². The zero-order chi connectivity index (χ0) is 16.9. The van der Waals surface area contributed by atoms with Crippen molar-refractivity contribution in [1.29, 1.82) is 0 Å². The highest BCUT2D eigenvalue weighted by atomic mass is 35.5. The molecule has 0 saturated carbocycles. The molecule has 0 saturated heterocycles. The summed E-state index contributed by atoms with van der Waals surface area (Å²) in [4.78, 5) is 23.8. The Morgan fingerprint density at radius 3 is 2.41 bits per heavy atom. The molecule has 1 rings (SSSR count). The number of carbonyl (C=O) groups is 2. The van der Waals surface area contributed by atoms with E-state index in [1.807, 2.05) is 20.8 Å². The van der Waals surface area contributed by atoms with Crippen molar-refractivity contribution in [2.45, 2.75) is 34.1 Å². The number of rotatable bonds is 5. The molecule has 1 aromatic rings. The van der Waals surface area contributed by atoms with E-state index in [-0.39, 0.29) is 28.5 Å². The first-order valence-electron chi connectivity index (χ1n) is 7.02. The molecule has 0 aliphatic rings. The van der Waals surface area contributed by atoms with Crippen molar-refractivity contribution < 1.29 is 19.1 Å². The van der Waals surface area contributed by atoms with Gasteiger partial charge in [0.1, 0.15) is 11.3 Å². The van der Waals surface area contributed by atoms with Gasteiger partial charge in [-0.1, -0.05) is 32.4 Å². The van der Waals surface area contributed by atoms with E-state index < -0.39 is 5.97 Å². The average molecular weight is 328 g/mol. The van der Waals surface area contributed by atoms with E-state index in [1.165, 1.54) is 19.2 Å². The third kappa shape index (κ3) is 5.22. The van der Waals surface area contributed by atoms with Crippen LogP contribution in [0.4, 0.5) is 5.69 Å². The van der Waals surface area contributed by atoms with E-state index in [2.05, 4.69) is 5.32 Å². The molecule has 0 heterocycles. The lowest BCUT2D eigenvalue weighted by Gasteiger charge is -2.18. The fourth-order valence-corrected chi connectivity index (χ4v) is 2.07. The lowest BCUT2D eigenvalue weighted by Crippen LogP contribution is -2.20. The van der Waals surface area contributed by atoms with Gasteiger partial charge in [0.2, 0.25) is 5.91 Å². The minimum absolute atomic E-state index is 0.133. The van der Waals surface area contributed by atoms with Crippen molar-refractivity contribution in [1.82, 2.24) is 0 Å². The maximum absolute atomic E-state index is 12.0. The summed E-state index contributed by atoms with van der Waals surface area (Å²) in [5.74, 6) is -0.372. The van der Waals surface area contributed by atoms with Gasteiger partial charge in [0.25, 0.3) is 0 Å². The van der Waals surface area contributed by atoms with E-state index in [0.717, 1.165) is 0 Å². The van der Waals surface area contributed by atoms with E-state index in [4.69, 9.17) is 21.1 Å². The van der Waals surface area contributed by atoms with Crippen molar-refractivity contribution in [3.63, 3.8) is 0 Å². The SMILES string of the molecule is CCOC(=O)c1cc(Cl)c(NC(=O)CC(C)(C)C)cc1OC. The molecular formula is C16H22ClNO4. The number of amides is 1. The standard InChI is InChI=1S/C16H22ClNO4/c1-6-22-15(20)10-7-11(17)12(8-13(10)21-5)18-14(19)9-16(2,3)4/h7-8H,6,9H2,1-5H3,(H,18,19). The molecule has 1 aromatic carbocycles. The zero-order valence-corrected chi connectivity index (χ0v) is 14.3. The molecule has 6 heteroatoms. The second kappa shape index (κ2) is 7.49. The maximum Gasteiger partial charge on any atom is 0.341 e. The third-order valence-electron chi connectivity index (χ3n) is 2.75. The molecule has 5 nitrogen and oxygen atoms in total. The highest BCUT2D eigenvalue weighted by Crippen LogP contribution is 2.32. The summed E-state index contributed by atoms with van der Waals surface area (Å²) in [7, 11) is 1.44. The molecule has 0 atom stereocenters. The first kappa shape index (κ1) is 18.3. The van der Waals surface area contributed by atoms with Crippen molar-refractivity contribution in [2.24, 2.45) is 5.41 Å². The van der Waals surface area contributed by atoms with Crippen LogP contribution in [-0.4, -0.2) is 25.6 Å². The van der Waals surface area contributed by atoms with Crippen molar-refractivity contribution >= 4 is 29.2 Å². The monoisotopic (exact) mass is 327 g/mol. The summed E-state index contributed by atoms with van der Waals surface area (Å²) in [5, 5.41) is 2.99. The fourth-order valence-electron chi connectivity index (χ4n) is 1.86. The highest BCUT2D eigenvalue weighted by molar-refractivity contribution is 6.34. The number of nitrogens with one attached hydrogen (secondary N) is 1. The zero-order valence-electron chi connectivity index (χ0n) is 13.6. The average Bonchev–Trinajstić information content (AvgIpc) is 2.38. The Bertz CT molecular complexity index is 564. The van der Waals surface area contributed by atoms with Crippen molar-refractivity contribution in [3.05, 3.63) is 22.7 Å². The minimum atomic E-state index is -0.520. The molecule has 0 aliphatic carbocycles. The summed E-state index contributed by atoms with van der Waals surface area (Å²) >= 11 is 6.14. The molecule has 0 aromatic heterocycles. The van der Waals surface area contributed by atoms with Crippen LogP contribution in [0, 0.1) is 5.41 Å². The van der Waals surface area contributed by atoms with E-state index in [9.17, 15) is 9.59 Å². The topological polar surface area (TPSA) is 64.6 Å². The number of hydrogen-bond acceptors (Lipinski definition) is 4. The van der Waals surface area contributed by atoms with Crippen LogP contribution < -0.4 is 10.1 Å². The second-order valence-corrected chi connectivity index (χ2v) is 6.45. The normalized spacial score (nSPS) is 11.0. The highest BCUT2D eigenvalue weighted by Gasteiger charge is 2.20. The summed E-state index contributed by atoms with van der Waals surface area (Å²) < 4.78 is 10.1. The Balaban J connectivity index is 3.03. The summed E-state index contributed by atoms with van der Waals surface area (Å²) in [6, 6.07) is 2.96. The molecule has 1 N–H and O–H groups in total. The lowest BCUT2D eigenvalue weighted by atomic mass is 9.92. The van der Waals surface area contributed by atoms with Gasteiger partial charge in [-0.3, -0.25) is 4.79 Å². The lowest BCUT2D eigenvalue weighted by molar-refractivity contribution is -0.117. The summed E-state index contributed by atoms with van der Waals surface area (Å²) in [5.41, 5.74) is 0.495. The van der Waals surface area contributed by atoms with Crippen LogP contribution >= 0.6 is 11.6 Å². The molecule has 22 heavy (non-hydrogen) atoms. The Hall–Kier alpha value is -1.75. The van der Waals surface area contributed by atoms with Crippen LogP contribution in [0.2, 0.25) is 5.02 Å². The first-order chi connectivity index (χ1) is 10.2. The van der Waals surface area contributed by atoms with Crippen molar-refractivity contribution in [3.8, 4) is 5.75 Å². The molecule has 0 radical (unpaired) electrons. The molecule has 122 valence electrons.